The predicted octanol–water partition coefficient (Wildman–Crippen LogP) is 3.39. The van der Waals surface area contributed by atoms with E-state index in [1.54, 1.807) is 12.1 Å². The number of carbonyl (C=O) groups excluding carboxylic acids is 1. The van der Waals surface area contributed by atoms with E-state index in [2.05, 4.69) is 0 Å². The molecule has 0 atom stereocenters. The Labute approximate surface area is 110 Å². The summed E-state index contributed by atoms with van der Waals surface area (Å²) in [5.74, 6) is -1.29. The van der Waals surface area contributed by atoms with Gasteiger partial charge in [-0.15, -0.1) is 0 Å². The topological polar surface area (TPSA) is 29.5 Å². The summed E-state index contributed by atoms with van der Waals surface area (Å²) in [6.45, 7) is 3.94. The molecule has 0 fully saturated rings. The molecule has 106 valence electrons. The first-order chi connectivity index (χ1) is 8.90. The van der Waals surface area contributed by atoms with E-state index in [1.807, 2.05) is 6.92 Å². The molecule has 0 saturated carbocycles. The van der Waals surface area contributed by atoms with E-state index in [-0.39, 0.29) is 12.2 Å². The van der Waals surface area contributed by atoms with E-state index in [9.17, 15) is 18.0 Å². The van der Waals surface area contributed by atoms with Crippen molar-refractivity contribution in [1.82, 2.24) is 0 Å². The average molecular weight is 275 g/mol. The van der Waals surface area contributed by atoms with Gasteiger partial charge in [-0.2, -0.15) is 13.2 Å². The molecule has 0 aromatic heterocycles. The van der Waals surface area contributed by atoms with Crippen LogP contribution in [0.4, 0.5) is 18.9 Å². The van der Waals surface area contributed by atoms with Crippen LogP contribution in [0.5, 0.6) is 5.75 Å². The SMILES string of the molecule is CCCOc1ccc(N(CC)C(=O)C(F)(F)F)cc1. The number of hydrogen-bond acceptors (Lipinski definition) is 2. The second kappa shape index (κ2) is 6.45. The van der Waals surface area contributed by atoms with Crippen LogP contribution in [0.25, 0.3) is 0 Å². The summed E-state index contributed by atoms with van der Waals surface area (Å²) in [5, 5.41) is 0. The number of ether oxygens (including phenoxy) is 1. The van der Waals surface area contributed by atoms with Crippen molar-refractivity contribution in [2.45, 2.75) is 26.4 Å². The second-order valence-corrected chi connectivity index (χ2v) is 3.89. The first-order valence-corrected chi connectivity index (χ1v) is 6.01. The quantitative estimate of drug-likeness (QED) is 0.824. The highest BCUT2D eigenvalue weighted by atomic mass is 19.4. The number of halogens is 3. The minimum absolute atomic E-state index is 0.0481. The molecular weight excluding hydrogens is 259 g/mol. The standard InChI is InChI=1S/C13H16F3NO2/c1-3-9-19-11-7-5-10(6-8-11)17(4-2)12(18)13(14,15)16/h5-8H,3-4,9H2,1-2H3. The van der Waals surface area contributed by atoms with Gasteiger partial charge in [0.2, 0.25) is 0 Å². The van der Waals surface area contributed by atoms with Crippen LogP contribution in [0, 0.1) is 0 Å². The van der Waals surface area contributed by atoms with Crippen LogP contribution in [0.1, 0.15) is 20.3 Å². The lowest BCUT2D eigenvalue weighted by Crippen LogP contribution is -2.41. The van der Waals surface area contributed by atoms with Crippen LogP contribution in [0.3, 0.4) is 0 Å². The van der Waals surface area contributed by atoms with Gasteiger partial charge in [-0.3, -0.25) is 4.79 Å². The van der Waals surface area contributed by atoms with Crippen molar-refractivity contribution >= 4 is 11.6 Å². The summed E-state index contributed by atoms with van der Waals surface area (Å²) in [6, 6.07) is 5.99. The van der Waals surface area contributed by atoms with Crippen LogP contribution in [-0.4, -0.2) is 25.2 Å². The lowest BCUT2D eigenvalue weighted by Gasteiger charge is -2.22. The van der Waals surface area contributed by atoms with Crippen molar-refractivity contribution in [3.63, 3.8) is 0 Å². The molecule has 1 aromatic rings. The Morgan fingerprint density at radius 2 is 1.79 bits per heavy atom. The second-order valence-electron chi connectivity index (χ2n) is 3.89. The number of amides is 1. The number of alkyl halides is 3. The van der Waals surface area contributed by atoms with Gasteiger partial charge in [-0.05, 0) is 37.6 Å². The van der Waals surface area contributed by atoms with Crippen molar-refractivity contribution in [3.05, 3.63) is 24.3 Å². The molecule has 0 aliphatic carbocycles. The molecule has 1 aromatic carbocycles. The Morgan fingerprint density at radius 3 is 2.21 bits per heavy atom. The molecule has 0 radical (unpaired) electrons. The molecule has 1 amide bonds. The maximum absolute atomic E-state index is 12.4. The average Bonchev–Trinajstić information content (AvgIpc) is 2.37. The summed E-state index contributed by atoms with van der Waals surface area (Å²) in [5.41, 5.74) is 0.202. The molecule has 1 rings (SSSR count). The zero-order chi connectivity index (χ0) is 14.5. The fourth-order valence-electron chi connectivity index (χ4n) is 1.54. The molecule has 0 aliphatic heterocycles. The predicted molar refractivity (Wildman–Crippen MR) is 66.3 cm³/mol. The summed E-state index contributed by atoms with van der Waals surface area (Å²) >= 11 is 0. The van der Waals surface area contributed by atoms with E-state index in [0.29, 0.717) is 17.3 Å². The van der Waals surface area contributed by atoms with Gasteiger partial charge in [0, 0.05) is 12.2 Å². The largest absolute Gasteiger partial charge is 0.494 e. The number of hydrogen-bond donors (Lipinski definition) is 0. The van der Waals surface area contributed by atoms with Crippen molar-refractivity contribution in [1.29, 1.82) is 0 Å². The maximum atomic E-state index is 12.4. The van der Waals surface area contributed by atoms with Crippen molar-refractivity contribution < 1.29 is 22.7 Å². The maximum Gasteiger partial charge on any atom is 0.471 e. The van der Waals surface area contributed by atoms with Gasteiger partial charge in [-0.25, -0.2) is 0 Å². The Bertz CT molecular complexity index is 415. The van der Waals surface area contributed by atoms with Crippen molar-refractivity contribution in [3.8, 4) is 5.75 Å². The Balaban J connectivity index is 2.85. The molecule has 0 spiro atoms. The highest BCUT2D eigenvalue weighted by Gasteiger charge is 2.42. The zero-order valence-corrected chi connectivity index (χ0v) is 10.8. The smallest absolute Gasteiger partial charge is 0.471 e. The molecule has 0 unspecified atom stereocenters. The van der Waals surface area contributed by atoms with Gasteiger partial charge < -0.3 is 9.64 Å². The van der Waals surface area contributed by atoms with Gasteiger partial charge >= 0.3 is 12.1 Å². The van der Waals surface area contributed by atoms with E-state index < -0.39 is 12.1 Å². The Kier molecular flexibility index (Phi) is 5.20. The fraction of sp³-hybridized carbons (Fsp3) is 0.462. The summed E-state index contributed by atoms with van der Waals surface area (Å²) in [6.07, 6.45) is -4.03. The number of benzene rings is 1. The number of anilines is 1. The molecule has 19 heavy (non-hydrogen) atoms. The first-order valence-electron chi connectivity index (χ1n) is 6.01. The van der Waals surface area contributed by atoms with Gasteiger partial charge in [0.1, 0.15) is 5.75 Å². The molecular formula is C13H16F3NO2. The molecule has 0 saturated heterocycles. The highest BCUT2D eigenvalue weighted by Crippen LogP contribution is 2.25. The molecule has 0 bridgehead atoms. The molecule has 6 heteroatoms. The van der Waals surface area contributed by atoms with Crippen LogP contribution in [0.15, 0.2) is 24.3 Å². The van der Waals surface area contributed by atoms with Crippen molar-refractivity contribution in [2.24, 2.45) is 0 Å². The lowest BCUT2D eigenvalue weighted by molar-refractivity contribution is -0.170. The number of nitrogens with zero attached hydrogens (tertiary/aromatic N) is 1. The molecule has 0 heterocycles. The third kappa shape index (κ3) is 4.15. The summed E-state index contributed by atoms with van der Waals surface area (Å²) < 4.78 is 42.5. The minimum Gasteiger partial charge on any atom is -0.494 e. The summed E-state index contributed by atoms with van der Waals surface area (Å²) in [7, 11) is 0. The lowest BCUT2D eigenvalue weighted by atomic mass is 10.2. The molecule has 0 aliphatic rings. The summed E-state index contributed by atoms with van der Waals surface area (Å²) in [4.78, 5) is 11.9. The minimum atomic E-state index is -4.87. The fourth-order valence-corrected chi connectivity index (χ4v) is 1.54. The van der Waals surface area contributed by atoms with E-state index >= 15 is 0 Å². The normalized spacial score (nSPS) is 11.2. The van der Waals surface area contributed by atoms with Crippen LogP contribution in [-0.2, 0) is 4.79 Å². The molecule has 3 nitrogen and oxygen atoms in total. The first kappa shape index (κ1) is 15.3. The highest BCUT2D eigenvalue weighted by molar-refractivity contribution is 5.97. The van der Waals surface area contributed by atoms with Crippen molar-refractivity contribution in [2.75, 3.05) is 18.1 Å². The number of carbonyl (C=O) groups is 1. The van der Waals surface area contributed by atoms with E-state index in [4.69, 9.17) is 4.74 Å². The Morgan fingerprint density at radius 1 is 1.21 bits per heavy atom. The van der Waals surface area contributed by atoms with E-state index in [1.165, 1.54) is 19.1 Å². The van der Waals surface area contributed by atoms with Gasteiger partial charge in [0.15, 0.2) is 0 Å². The van der Waals surface area contributed by atoms with Crippen LogP contribution >= 0.6 is 0 Å². The molecule has 0 N–H and O–H groups in total. The van der Waals surface area contributed by atoms with Gasteiger partial charge in [-0.1, -0.05) is 6.92 Å². The van der Waals surface area contributed by atoms with Gasteiger partial charge in [0.05, 0.1) is 6.61 Å². The van der Waals surface area contributed by atoms with Gasteiger partial charge in [0.25, 0.3) is 0 Å². The number of rotatable bonds is 5. The third-order valence-electron chi connectivity index (χ3n) is 2.43. The Hall–Kier alpha value is -1.72. The van der Waals surface area contributed by atoms with E-state index in [0.717, 1.165) is 6.42 Å². The third-order valence-corrected chi connectivity index (χ3v) is 2.43. The van der Waals surface area contributed by atoms with Crippen LogP contribution in [0.2, 0.25) is 0 Å². The van der Waals surface area contributed by atoms with Crippen LogP contribution < -0.4 is 9.64 Å². The zero-order valence-electron chi connectivity index (χ0n) is 10.8. The monoisotopic (exact) mass is 275 g/mol.